The normalized spacial score (nSPS) is 11.6. The van der Waals surface area contributed by atoms with E-state index in [1.165, 1.54) is 0 Å². The molecule has 0 atom stereocenters. The molecule has 0 radical (unpaired) electrons. The van der Waals surface area contributed by atoms with Crippen LogP contribution in [0.3, 0.4) is 0 Å². The van der Waals surface area contributed by atoms with Crippen LogP contribution in [0, 0.1) is 0 Å². The number of oxazole rings is 1. The molecule has 0 aliphatic carbocycles. The third kappa shape index (κ3) is 2.27. The van der Waals surface area contributed by atoms with Gasteiger partial charge in [0.2, 0.25) is 11.7 Å². The zero-order chi connectivity index (χ0) is 13.3. The van der Waals surface area contributed by atoms with E-state index in [9.17, 15) is 18.0 Å². The number of Topliss-reactive ketones (excluding diaryl/α,β-unsaturated/α-hetero) is 1. The van der Waals surface area contributed by atoms with Crippen LogP contribution in [0.25, 0.3) is 11.5 Å². The summed E-state index contributed by atoms with van der Waals surface area (Å²) in [4.78, 5) is 14.7. The van der Waals surface area contributed by atoms with E-state index >= 15 is 0 Å². The molecular weight excluding hydrogens is 247 g/mol. The lowest BCUT2D eigenvalue weighted by atomic mass is 10.2. The van der Waals surface area contributed by atoms with E-state index in [-0.39, 0.29) is 5.89 Å². The zero-order valence-corrected chi connectivity index (χ0v) is 9.28. The Balaban J connectivity index is 2.57. The average molecular weight is 255 g/mol. The number of aromatic nitrogens is 1. The third-order valence-electron chi connectivity index (χ3n) is 2.24. The molecule has 0 bridgehead atoms. The van der Waals surface area contributed by atoms with Gasteiger partial charge in [0.05, 0.1) is 0 Å². The molecule has 1 aromatic heterocycles. The minimum atomic E-state index is -4.74. The summed E-state index contributed by atoms with van der Waals surface area (Å²) >= 11 is 0. The summed E-state index contributed by atoms with van der Waals surface area (Å²) in [6.07, 6.45) is -4.74. The number of rotatable bonds is 2. The first-order valence-electron chi connectivity index (χ1n) is 5.04. The van der Waals surface area contributed by atoms with Crippen molar-refractivity contribution in [3.05, 3.63) is 41.8 Å². The van der Waals surface area contributed by atoms with Gasteiger partial charge in [0, 0.05) is 12.5 Å². The molecule has 1 aromatic carbocycles. The smallest absolute Gasteiger partial charge is 0.431 e. The van der Waals surface area contributed by atoms with Crippen molar-refractivity contribution in [1.29, 1.82) is 0 Å². The lowest BCUT2D eigenvalue weighted by molar-refractivity contribution is -0.153. The Hall–Kier alpha value is -2.11. The van der Waals surface area contributed by atoms with Gasteiger partial charge in [-0.05, 0) is 12.1 Å². The average Bonchev–Trinajstić information content (AvgIpc) is 2.74. The summed E-state index contributed by atoms with van der Waals surface area (Å²) in [7, 11) is 0. The molecule has 0 saturated carbocycles. The van der Waals surface area contributed by atoms with Crippen LogP contribution in [0.4, 0.5) is 13.2 Å². The second-order valence-corrected chi connectivity index (χ2v) is 3.62. The summed E-state index contributed by atoms with van der Waals surface area (Å²) < 4.78 is 42.6. The van der Waals surface area contributed by atoms with Crippen LogP contribution in [-0.4, -0.2) is 10.8 Å². The van der Waals surface area contributed by atoms with Crippen molar-refractivity contribution in [2.45, 2.75) is 13.1 Å². The van der Waals surface area contributed by atoms with E-state index in [4.69, 9.17) is 0 Å². The van der Waals surface area contributed by atoms with Crippen LogP contribution in [0.15, 0.2) is 34.7 Å². The van der Waals surface area contributed by atoms with Gasteiger partial charge < -0.3 is 4.42 Å². The largest absolute Gasteiger partial charge is 0.452 e. The number of hydrogen-bond donors (Lipinski definition) is 0. The Labute approximate surface area is 100 Å². The van der Waals surface area contributed by atoms with Gasteiger partial charge in [-0.3, -0.25) is 4.79 Å². The van der Waals surface area contributed by atoms with E-state index in [0.29, 0.717) is 5.56 Å². The molecule has 2 rings (SSSR count). The second kappa shape index (κ2) is 4.29. The molecular formula is C12H8F3NO2. The lowest BCUT2D eigenvalue weighted by Crippen LogP contribution is -2.09. The fourth-order valence-corrected chi connectivity index (χ4v) is 1.46. The monoisotopic (exact) mass is 255 g/mol. The van der Waals surface area contributed by atoms with Gasteiger partial charge in [-0.1, -0.05) is 18.2 Å². The van der Waals surface area contributed by atoms with E-state index in [1.807, 2.05) is 0 Å². The number of carbonyl (C=O) groups excluding carboxylic acids is 1. The maximum absolute atomic E-state index is 12.7. The van der Waals surface area contributed by atoms with Gasteiger partial charge in [0.15, 0.2) is 11.5 Å². The number of ketones is 1. The number of alkyl halides is 3. The first-order valence-corrected chi connectivity index (χ1v) is 5.04. The first-order chi connectivity index (χ1) is 8.39. The van der Waals surface area contributed by atoms with Crippen molar-refractivity contribution < 1.29 is 22.4 Å². The zero-order valence-electron chi connectivity index (χ0n) is 9.28. The lowest BCUT2D eigenvalue weighted by Gasteiger charge is -2.01. The number of nitrogens with zero attached hydrogens (tertiary/aromatic N) is 1. The van der Waals surface area contributed by atoms with E-state index in [2.05, 4.69) is 9.40 Å². The molecule has 94 valence electrons. The minimum Gasteiger partial charge on any atom is -0.431 e. The van der Waals surface area contributed by atoms with Gasteiger partial charge in [-0.25, -0.2) is 4.98 Å². The van der Waals surface area contributed by atoms with Crippen LogP contribution >= 0.6 is 0 Å². The predicted octanol–water partition coefficient (Wildman–Crippen LogP) is 3.56. The Kier molecular flexibility index (Phi) is 2.94. The minimum absolute atomic E-state index is 0.215. The number of benzene rings is 1. The maximum Gasteiger partial charge on any atom is 0.452 e. The van der Waals surface area contributed by atoms with Crippen LogP contribution in [0.2, 0.25) is 0 Å². The number of carbonyl (C=O) groups is 1. The summed E-state index contributed by atoms with van der Waals surface area (Å²) in [5.41, 5.74) is -0.308. The summed E-state index contributed by atoms with van der Waals surface area (Å²) in [5, 5.41) is 0. The molecule has 0 spiro atoms. The summed E-state index contributed by atoms with van der Waals surface area (Å²) in [6.45, 7) is 1.02. The van der Waals surface area contributed by atoms with Crippen molar-refractivity contribution in [3.8, 4) is 11.5 Å². The fourth-order valence-electron chi connectivity index (χ4n) is 1.46. The molecule has 0 aliphatic rings. The van der Waals surface area contributed by atoms with Gasteiger partial charge >= 0.3 is 6.18 Å². The van der Waals surface area contributed by atoms with Gasteiger partial charge in [0.1, 0.15) is 0 Å². The van der Waals surface area contributed by atoms with Crippen molar-refractivity contribution in [3.63, 3.8) is 0 Å². The maximum atomic E-state index is 12.7. The topological polar surface area (TPSA) is 43.1 Å². The summed E-state index contributed by atoms with van der Waals surface area (Å²) in [6, 6.07) is 8.09. The van der Waals surface area contributed by atoms with Crippen LogP contribution in [-0.2, 0) is 6.18 Å². The van der Waals surface area contributed by atoms with E-state index in [0.717, 1.165) is 6.92 Å². The van der Waals surface area contributed by atoms with Gasteiger partial charge in [-0.15, -0.1) is 0 Å². The molecule has 0 amide bonds. The number of halogens is 3. The van der Waals surface area contributed by atoms with Crippen molar-refractivity contribution >= 4 is 5.78 Å². The van der Waals surface area contributed by atoms with Gasteiger partial charge in [-0.2, -0.15) is 13.2 Å². The Morgan fingerprint density at radius 3 is 2.28 bits per heavy atom. The van der Waals surface area contributed by atoms with Crippen LogP contribution in [0.5, 0.6) is 0 Å². The Morgan fingerprint density at radius 2 is 1.83 bits per heavy atom. The molecule has 0 unspecified atom stereocenters. The molecule has 0 aliphatic heterocycles. The highest BCUT2D eigenvalue weighted by atomic mass is 19.4. The van der Waals surface area contributed by atoms with Crippen molar-refractivity contribution in [2.24, 2.45) is 0 Å². The fraction of sp³-hybridized carbons (Fsp3) is 0.167. The highest BCUT2D eigenvalue weighted by Gasteiger charge is 2.40. The van der Waals surface area contributed by atoms with Crippen molar-refractivity contribution in [1.82, 2.24) is 4.98 Å². The first kappa shape index (κ1) is 12.3. The molecule has 3 nitrogen and oxygen atoms in total. The van der Waals surface area contributed by atoms with Crippen LogP contribution in [0.1, 0.15) is 23.2 Å². The third-order valence-corrected chi connectivity index (χ3v) is 2.24. The Morgan fingerprint density at radius 1 is 1.22 bits per heavy atom. The second-order valence-electron chi connectivity index (χ2n) is 3.62. The summed E-state index contributed by atoms with van der Waals surface area (Å²) in [5.74, 6) is -2.35. The molecule has 0 fully saturated rings. The molecule has 0 N–H and O–H groups in total. The molecule has 2 aromatic rings. The van der Waals surface area contributed by atoms with E-state index in [1.54, 1.807) is 30.3 Å². The molecule has 0 saturated heterocycles. The SMILES string of the molecule is CC(=O)c1nc(-c2ccccc2)oc1C(F)(F)F. The molecule has 6 heteroatoms. The standard InChI is InChI=1S/C12H8F3NO2/c1-7(17)9-10(12(13,14)15)18-11(16-9)8-5-3-2-4-6-8/h2-6H,1H3. The van der Waals surface area contributed by atoms with Crippen LogP contribution < -0.4 is 0 Å². The highest BCUT2D eigenvalue weighted by molar-refractivity contribution is 5.93. The highest BCUT2D eigenvalue weighted by Crippen LogP contribution is 2.35. The number of hydrogen-bond acceptors (Lipinski definition) is 3. The van der Waals surface area contributed by atoms with E-state index < -0.39 is 23.4 Å². The van der Waals surface area contributed by atoms with Crippen molar-refractivity contribution in [2.75, 3.05) is 0 Å². The van der Waals surface area contributed by atoms with Gasteiger partial charge in [0.25, 0.3) is 0 Å². The Bertz CT molecular complexity index is 573. The quantitative estimate of drug-likeness (QED) is 0.770. The molecule has 18 heavy (non-hydrogen) atoms. The molecule has 1 heterocycles. The predicted molar refractivity (Wildman–Crippen MR) is 56.9 cm³/mol.